The monoisotopic (exact) mass is 326 g/mol. The molecule has 1 aromatic carbocycles. The van der Waals surface area contributed by atoms with Crippen LogP contribution in [0.3, 0.4) is 0 Å². The Labute approximate surface area is 135 Å². The summed E-state index contributed by atoms with van der Waals surface area (Å²) in [6.07, 6.45) is 7.59. The third kappa shape index (κ3) is 2.86. The molecule has 114 valence electrons. The molecule has 1 aliphatic heterocycles. The summed E-state index contributed by atoms with van der Waals surface area (Å²) in [4.78, 5) is 14.5. The van der Waals surface area contributed by atoms with Crippen LogP contribution in [0.4, 0.5) is 5.69 Å². The van der Waals surface area contributed by atoms with E-state index < -0.39 is 0 Å². The first-order valence-electron chi connectivity index (χ1n) is 7.55. The molecule has 2 aliphatic rings. The first-order valence-corrected chi connectivity index (χ1v) is 8.30. The molecule has 5 heteroatoms. The summed E-state index contributed by atoms with van der Waals surface area (Å²) >= 11 is 12.0. The van der Waals surface area contributed by atoms with Gasteiger partial charge in [0.2, 0.25) is 0 Å². The number of hydrogen-bond acceptors (Lipinski definition) is 2. The second-order valence-electron chi connectivity index (χ2n) is 6.36. The number of amides is 1. The molecule has 1 aliphatic carbocycles. The zero-order valence-corrected chi connectivity index (χ0v) is 13.5. The fourth-order valence-corrected chi connectivity index (χ4v) is 4.06. The fourth-order valence-electron chi connectivity index (χ4n) is 3.73. The van der Waals surface area contributed by atoms with Crippen molar-refractivity contribution in [3.05, 3.63) is 27.7 Å². The lowest BCUT2D eigenvalue weighted by Gasteiger charge is -2.39. The highest BCUT2D eigenvalue weighted by molar-refractivity contribution is 6.43. The van der Waals surface area contributed by atoms with Crippen molar-refractivity contribution in [2.45, 2.75) is 38.5 Å². The molecule has 1 amide bonds. The van der Waals surface area contributed by atoms with E-state index in [4.69, 9.17) is 28.9 Å². The van der Waals surface area contributed by atoms with Crippen molar-refractivity contribution < 1.29 is 4.79 Å². The van der Waals surface area contributed by atoms with Gasteiger partial charge in [0.25, 0.3) is 5.91 Å². The van der Waals surface area contributed by atoms with Gasteiger partial charge >= 0.3 is 0 Å². The van der Waals surface area contributed by atoms with E-state index in [-0.39, 0.29) is 5.91 Å². The maximum atomic E-state index is 12.6. The Morgan fingerprint density at radius 1 is 1.10 bits per heavy atom. The Hall–Kier alpha value is -0.930. The number of anilines is 1. The molecule has 1 spiro atoms. The van der Waals surface area contributed by atoms with Crippen LogP contribution in [-0.2, 0) is 0 Å². The number of halogens is 2. The molecule has 0 radical (unpaired) electrons. The van der Waals surface area contributed by atoms with Crippen LogP contribution in [0.5, 0.6) is 0 Å². The second-order valence-corrected chi connectivity index (χ2v) is 7.15. The molecule has 21 heavy (non-hydrogen) atoms. The molecule has 0 bridgehead atoms. The van der Waals surface area contributed by atoms with E-state index in [1.165, 1.54) is 25.7 Å². The van der Waals surface area contributed by atoms with E-state index >= 15 is 0 Å². The quantitative estimate of drug-likeness (QED) is 0.779. The number of likely N-dealkylation sites (tertiary alicyclic amines) is 1. The van der Waals surface area contributed by atoms with Crippen LogP contribution in [0.15, 0.2) is 12.1 Å². The number of rotatable bonds is 1. The molecule has 3 rings (SSSR count). The zero-order chi connectivity index (χ0) is 15.0. The highest BCUT2D eigenvalue weighted by Gasteiger charge is 2.38. The smallest absolute Gasteiger partial charge is 0.253 e. The van der Waals surface area contributed by atoms with Gasteiger partial charge in [0.1, 0.15) is 0 Å². The number of carbonyl (C=O) groups excluding carboxylic acids is 1. The van der Waals surface area contributed by atoms with Crippen molar-refractivity contribution in [2.24, 2.45) is 5.41 Å². The van der Waals surface area contributed by atoms with Crippen molar-refractivity contribution in [1.82, 2.24) is 4.90 Å². The third-order valence-electron chi connectivity index (χ3n) is 5.08. The van der Waals surface area contributed by atoms with Gasteiger partial charge in [-0.1, -0.05) is 36.0 Å². The Bertz CT molecular complexity index is 534. The molecule has 0 atom stereocenters. The normalized spacial score (nSPS) is 21.0. The van der Waals surface area contributed by atoms with Crippen LogP contribution in [0.1, 0.15) is 48.9 Å². The van der Waals surface area contributed by atoms with Gasteiger partial charge in [0.15, 0.2) is 0 Å². The summed E-state index contributed by atoms with van der Waals surface area (Å²) in [5.41, 5.74) is 7.19. The predicted octanol–water partition coefficient (Wildman–Crippen LogP) is 4.37. The summed E-state index contributed by atoms with van der Waals surface area (Å²) in [6.45, 7) is 1.66. The lowest BCUT2D eigenvalue weighted by atomic mass is 9.77. The third-order valence-corrected chi connectivity index (χ3v) is 5.90. The fraction of sp³-hybridized carbons (Fsp3) is 0.562. The Kier molecular flexibility index (Phi) is 4.06. The minimum absolute atomic E-state index is 0.00751. The van der Waals surface area contributed by atoms with E-state index in [0.29, 0.717) is 26.7 Å². The Morgan fingerprint density at radius 3 is 2.29 bits per heavy atom. The molecule has 1 saturated heterocycles. The summed E-state index contributed by atoms with van der Waals surface area (Å²) < 4.78 is 0. The highest BCUT2D eigenvalue weighted by Crippen LogP contribution is 2.46. The minimum atomic E-state index is 0.00751. The molecule has 2 fully saturated rings. The zero-order valence-electron chi connectivity index (χ0n) is 12.0. The molecule has 1 aromatic rings. The van der Waals surface area contributed by atoms with Gasteiger partial charge in [0, 0.05) is 18.7 Å². The number of piperidine rings is 1. The van der Waals surface area contributed by atoms with Crippen LogP contribution in [0.25, 0.3) is 0 Å². The molecule has 0 unspecified atom stereocenters. The van der Waals surface area contributed by atoms with E-state index in [9.17, 15) is 4.79 Å². The van der Waals surface area contributed by atoms with E-state index in [1.54, 1.807) is 12.1 Å². The van der Waals surface area contributed by atoms with Gasteiger partial charge in [-0.15, -0.1) is 0 Å². The number of carbonyl (C=O) groups is 1. The molecule has 1 saturated carbocycles. The van der Waals surface area contributed by atoms with Crippen molar-refractivity contribution in [2.75, 3.05) is 18.8 Å². The average Bonchev–Trinajstić information content (AvgIpc) is 2.92. The van der Waals surface area contributed by atoms with Crippen molar-refractivity contribution in [3.8, 4) is 0 Å². The Balaban J connectivity index is 1.72. The minimum Gasteiger partial charge on any atom is -0.397 e. The molecule has 3 nitrogen and oxygen atoms in total. The van der Waals surface area contributed by atoms with Crippen LogP contribution in [0.2, 0.25) is 10.0 Å². The van der Waals surface area contributed by atoms with Gasteiger partial charge in [-0.3, -0.25) is 4.79 Å². The second kappa shape index (κ2) is 5.69. The standard InChI is InChI=1S/C16H20Cl2N2O/c17-12-9-11(10-13(19)14(12)18)15(21)20-7-5-16(6-8-20)3-1-2-4-16/h9-10H,1-8,19H2. The molecule has 2 N–H and O–H groups in total. The van der Waals surface area contributed by atoms with Gasteiger partial charge in [-0.2, -0.15) is 0 Å². The summed E-state index contributed by atoms with van der Waals surface area (Å²) in [5, 5.41) is 0.654. The Morgan fingerprint density at radius 2 is 1.71 bits per heavy atom. The molecule has 1 heterocycles. The number of hydrogen-bond donors (Lipinski definition) is 1. The summed E-state index contributed by atoms with van der Waals surface area (Å²) in [7, 11) is 0. The number of nitrogens with two attached hydrogens (primary N) is 1. The molecule has 0 aromatic heterocycles. The largest absolute Gasteiger partial charge is 0.397 e. The van der Waals surface area contributed by atoms with Gasteiger partial charge in [-0.05, 0) is 43.2 Å². The summed E-state index contributed by atoms with van der Waals surface area (Å²) in [5.74, 6) is 0.00751. The maximum Gasteiger partial charge on any atom is 0.253 e. The molecular weight excluding hydrogens is 307 g/mol. The van der Waals surface area contributed by atoms with E-state index in [2.05, 4.69) is 0 Å². The first-order chi connectivity index (χ1) is 10.0. The van der Waals surface area contributed by atoms with Crippen LogP contribution in [-0.4, -0.2) is 23.9 Å². The van der Waals surface area contributed by atoms with Crippen LogP contribution >= 0.6 is 23.2 Å². The number of nitrogens with zero attached hydrogens (tertiary/aromatic N) is 1. The SMILES string of the molecule is Nc1cc(C(=O)N2CCC3(CCCC3)CC2)cc(Cl)c1Cl. The van der Waals surface area contributed by atoms with Crippen molar-refractivity contribution in [3.63, 3.8) is 0 Å². The summed E-state index contributed by atoms with van der Waals surface area (Å²) in [6, 6.07) is 3.24. The van der Waals surface area contributed by atoms with E-state index in [1.807, 2.05) is 4.90 Å². The topological polar surface area (TPSA) is 46.3 Å². The lowest BCUT2D eigenvalue weighted by Crippen LogP contribution is -2.42. The maximum absolute atomic E-state index is 12.6. The van der Waals surface area contributed by atoms with Crippen LogP contribution < -0.4 is 5.73 Å². The predicted molar refractivity (Wildman–Crippen MR) is 86.9 cm³/mol. The van der Waals surface area contributed by atoms with Gasteiger partial charge < -0.3 is 10.6 Å². The first kappa shape index (κ1) is 15.0. The number of nitrogen functional groups attached to an aromatic ring is 1. The van der Waals surface area contributed by atoms with Crippen molar-refractivity contribution in [1.29, 1.82) is 0 Å². The molecular formula is C16H20Cl2N2O. The van der Waals surface area contributed by atoms with E-state index in [0.717, 1.165) is 25.9 Å². The lowest BCUT2D eigenvalue weighted by molar-refractivity contribution is 0.0587. The highest BCUT2D eigenvalue weighted by atomic mass is 35.5. The van der Waals surface area contributed by atoms with Crippen LogP contribution in [0, 0.1) is 5.41 Å². The average molecular weight is 327 g/mol. The number of benzene rings is 1. The van der Waals surface area contributed by atoms with Crippen molar-refractivity contribution >= 4 is 34.8 Å². The van der Waals surface area contributed by atoms with Gasteiger partial charge in [0.05, 0.1) is 15.7 Å². The van der Waals surface area contributed by atoms with Gasteiger partial charge in [-0.25, -0.2) is 0 Å².